The van der Waals surface area contributed by atoms with Crippen molar-refractivity contribution >= 4 is 49.3 Å². The molecule has 6 N–H and O–H groups in total. The summed E-state index contributed by atoms with van der Waals surface area (Å²) >= 11 is 1.39. The monoisotopic (exact) mass is 350 g/mol. The van der Waals surface area contributed by atoms with E-state index in [1.165, 1.54) is 11.3 Å². The zero-order valence-electron chi connectivity index (χ0n) is 13.3. The first-order chi connectivity index (χ1) is 12.0. The van der Waals surface area contributed by atoms with E-state index < -0.39 is 5.91 Å². The van der Waals surface area contributed by atoms with E-state index in [-0.39, 0.29) is 5.56 Å². The largest absolute Gasteiger partial charge is 0.398 e. The van der Waals surface area contributed by atoms with Gasteiger partial charge in [0.15, 0.2) is 5.13 Å². The number of carbonyl (C=O) groups is 1. The molecule has 8 heteroatoms. The summed E-state index contributed by atoms with van der Waals surface area (Å²) in [6.45, 7) is 1.95. The Morgan fingerprint density at radius 3 is 2.60 bits per heavy atom. The number of aromatic nitrogens is 3. The van der Waals surface area contributed by atoms with Gasteiger partial charge in [-0.2, -0.15) is 0 Å². The minimum absolute atomic E-state index is 0.228. The third-order valence-electron chi connectivity index (χ3n) is 4.09. The minimum Gasteiger partial charge on any atom is -0.398 e. The Morgan fingerprint density at radius 1 is 1.08 bits per heavy atom. The van der Waals surface area contributed by atoms with Gasteiger partial charge in [-0.15, -0.1) is 0 Å². The predicted octanol–water partition coefficient (Wildman–Crippen LogP) is 2.48. The van der Waals surface area contributed by atoms with Crippen molar-refractivity contribution in [1.82, 2.24) is 15.0 Å². The second kappa shape index (κ2) is 5.38. The van der Waals surface area contributed by atoms with Crippen molar-refractivity contribution in [2.75, 3.05) is 11.5 Å². The lowest BCUT2D eigenvalue weighted by atomic mass is 9.94. The SMILES string of the molecule is Cc1cc2nc(N)sc2cc1-c1c(N)c(C(N)=O)cc2nccnc12. The first-order valence-electron chi connectivity index (χ1n) is 7.45. The average Bonchev–Trinajstić information content (AvgIpc) is 2.92. The second-order valence-corrected chi connectivity index (χ2v) is 6.75. The molecule has 2 aromatic carbocycles. The fraction of sp³-hybridized carbons (Fsp3) is 0.0588. The number of anilines is 2. The summed E-state index contributed by atoms with van der Waals surface area (Å²) in [5.41, 5.74) is 22.6. The molecule has 2 heterocycles. The maximum Gasteiger partial charge on any atom is 0.250 e. The fourth-order valence-corrected chi connectivity index (χ4v) is 3.72. The molecule has 0 aliphatic carbocycles. The molecular weight excluding hydrogens is 336 g/mol. The molecule has 124 valence electrons. The molecule has 25 heavy (non-hydrogen) atoms. The van der Waals surface area contributed by atoms with E-state index in [1.54, 1.807) is 18.5 Å². The Labute approximate surface area is 146 Å². The number of thiazole rings is 1. The molecule has 0 fully saturated rings. The van der Waals surface area contributed by atoms with E-state index >= 15 is 0 Å². The van der Waals surface area contributed by atoms with Crippen molar-refractivity contribution in [3.05, 3.63) is 41.7 Å². The molecule has 0 unspecified atom stereocenters. The summed E-state index contributed by atoms with van der Waals surface area (Å²) in [5.74, 6) is -0.605. The highest BCUT2D eigenvalue weighted by atomic mass is 32.1. The topological polar surface area (TPSA) is 134 Å². The Hall–Kier alpha value is -3.26. The zero-order chi connectivity index (χ0) is 17.7. The van der Waals surface area contributed by atoms with Crippen LogP contribution >= 0.6 is 11.3 Å². The van der Waals surface area contributed by atoms with Crippen LogP contribution < -0.4 is 17.2 Å². The molecule has 0 bridgehead atoms. The highest BCUT2D eigenvalue weighted by Crippen LogP contribution is 2.39. The number of rotatable bonds is 2. The van der Waals surface area contributed by atoms with Gasteiger partial charge in [-0.1, -0.05) is 11.3 Å². The van der Waals surface area contributed by atoms with Crippen LogP contribution in [0.5, 0.6) is 0 Å². The van der Waals surface area contributed by atoms with Gasteiger partial charge >= 0.3 is 0 Å². The van der Waals surface area contributed by atoms with E-state index in [9.17, 15) is 4.79 Å². The summed E-state index contributed by atoms with van der Waals surface area (Å²) in [4.78, 5) is 24.8. The van der Waals surface area contributed by atoms with E-state index in [1.807, 2.05) is 19.1 Å². The van der Waals surface area contributed by atoms with E-state index in [2.05, 4.69) is 15.0 Å². The Morgan fingerprint density at radius 2 is 1.84 bits per heavy atom. The van der Waals surface area contributed by atoms with Crippen LogP contribution in [-0.4, -0.2) is 20.9 Å². The Bertz CT molecular complexity index is 1170. The number of nitrogen functional groups attached to an aromatic ring is 2. The predicted molar refractivity (Wildman–Crippen MR) is 100 cm³/mol. The molecule has 1 amide bonds. The standard InChI is InChI=1S/C17H14N6OS/c1-7-4-10-12(25-17(20)23-10)6-8(7)13-14(18)9(16(19)24)5-11-15(13)22-3-2-21-11/h2-6H,18H2,1H3,(H2,19,24)(H2,20,23). The summed E-state index contributed by atoms with van der Waals surface area (Å²) in [5, 5.41) is 0.495. The Kier molecular flexibility index (Phi) is 3.29. The van der Waals surface area contributed by atoms with Gasteiger partial charge in [0.05, 0.1) is 32.5 Å². The van der Waals surface area contributed by atoms with Crippen molar-refractivity contribution in [3.63, 3.8) is 0 Å². The Balaban J connectivity index is 2.14. The summed E-state index contributed by atoms with van der Waals surface area (Å²) < 4.78 is 0.930. The third kappa shape index (κ3) is 2.34. The lowest BCUT2D eigenvalue weighted by Gasteiger charge is -2.14. The van der Waals surface area contributed by atoms with Crippen LogP contribution in [-0.2, 0) is 0 Å². The number of amides is 1. The average molecular weight is 350 g/mol. The lowest BCUT2D eigenvalue weighted by molar-refractivity contribution is 0.100. The molecule has 7 nitrogen and oxygen atoms in total. The summed E-state index contributed by atoms with van der Waals surface area (Å²) in [7, 11) is 0. The van der Waals surface area contributed by atoms with Crippen LogP contribution in [0.25, 0.3) is 32.4 Å². The van der Waals surface area contributed by atoms with Gasteiger partial charge in [0.2, 0.25) is 0 Å². The van der Waals surface area contributed by atoms with Gasteiger partial charge in [-0.25, -0.2) is 4.98 Å². The number of nitrogens with zero attached hydrogens (tertiary/aromatic N) is 3. The number of hydrogen-bond donors (Lipinski definition) is 3. The first kappa shape index (κ1) is 15.3. The minimum atomic E-state index is -0.605. The van der Waals surface area contributed by atoms with Gasteiger partial charge in [0, 0.05) is 18.0 Å². The molecule has 0 saturated heterocycles. The molecule has 0 aliphatic rings. The smallest absolute Gasteiger partial charge is 0.250 e. The molecule has 0 atom stereocenters. The van der Waals surface area contributed by atoms with E-state index in [4.69, 9.17) is 17.2 Å². The van der Waals surface area contributed by atoms with Crippen LogP contribution in [0.15, 0.2) is 30.6 Å². The molecule has 0 aliphatic heterocycles. The number of nitrogens with two attached hydrogens (primary N) is 3. The molecule has 4 rings (SSSR count). The van der Waals surface area contributed by atoms with Crippen molar-refractivity contribution < 1.29 is 4.79 Å². The number of aryl methyl sites for hydroxylation is 1. The molecule has 0 spiro atoms. The van der Waals surface area contributed by atoms with Crippen molar-refractivity contribution in [1.29, 1.82) is 0 Å². The highest BCUT2D eigenvalue weighted by molar-refractivity contribution is 7.22. The maximum absolute atomic E-state index is 11.8. The molecule has 2 aromatic heterocycles. The van der Waals surface area contributed by atoms with Gasteiger partial charge in [-0.05, 0) is 36.2 Å². The lowest BCUT2D eigenvalue weighted by Crippen LogP contribution is -2.14. The first-order valence-corrected chi connectivity index (χ1v) is 8.27. The summed E-state index contributed by atoms with van der Waals surface area (Å²) in [6.07, 6.45) is 3.15. The third-order valence-corrected chi connectivity index (χ3v) is 4.94. The molecule has 0 saturated carbocycles. The zero-order valence-corrected chi connectivity index (χ0v) is 14.1. The van der Waals surface area contributed by atoms with Gasteiger partial charge in [-0.3, -0.25) is 14.8 Å². The van der Waals surface area contributed by atoms with Crippen LogP contribution in [0.1, 0.15) is 15.9 Å². The van der Waals surface area contributed by atoms with Crippen molar-refractivity contribution in [2.24, 2.45) is 5.73 Å². The van der Waals surface area contributed by atoms with Crippen LogP contribution in [0.4, 0.5) is 10.8 Å². The van der Waals surface area contributed by atoms with Gasteiger partial charge in [0.25, 0.3) is 5.91 Å². The quantitative estimate of drug-likeness (QED) is 0.475. The van der Waals surface area contributed by atoms with E-state index in [0.29, 0.717) is 27.4 Å². The molecule has 0 radical (unpaired) electrons. The van der Waals surface area contributed by atoms with Crippen LogP contribution in [0.2, 0.25) is 0 Å². The van der Waals surface area contributed by atoms with Gasteiger partial charge < -0.3 is 17.2 Å². The van der Waals surface area contributed by atoms with Crippen LogP contribution in [0, 0.1) is 6.92 Å². The normalized spacial score (nSPS) is 11.2. The van der Waals surface area contributed by atoms with Crippen LogP contribution in [0.3, 0.4) is 0 Å². The van der Waals surface area contributed by atoms with Crippen molar-refractivity contribution in [3.8, 4) is 11.1 Å². The number of hydrogen-bond acceptors (Lipinski definition) is 7. The number of carbonyl (C=O) groups excluding carboxylic acids is 1. The second-order valence-electron chi connectivity index (χ2n) is 5.69. The molecular formula is C17H14N6OS. The number of fused-ring (bicyclic) bond motifs is 2. The molecule has 4 aromatic rings. The van der Waals surface area contributed by atoms with E-state index in [0.717, 1.165) is 21.3 Å². The summed E-state index contributed by atoms with van der Waals surface area (Å²) in [6, 6.07) is 5.47. The highest BCUT2D eigenvalue weighted by Gasteiger charge is 2.19. The van der Waals surface area contributed by atoms with Crippen molar-refractivity contribution in [2.45, 2.75) is 6.92 Å². The number of primary amides is 1. The fourth-order valence-electron chi connectivity index (χ4n) is 2.97. The number of benzene rings is 2. The maximum atomic E-state index is 11.8. The van der Waals surface area contributed by atoms with Gasteiger partial charge in [0.1, 0.15) is 0 Å².